The number of hydrogen-bond acceptors (Lipinski definition) is 3. The monoisotopic (exact) mass is 839 g/mol. The summed E-state index contributed by atoms with van der Waals surface area (Å²) in [4.78, 5) is 15.7. The van der Waals surface area contributed by atoms with E-state index in [1.807, 2.05) is 18.2 Å². The molecule has 0 amide bonds. The molecule has 3 heterocycles. The van der Waals surface area contributed by atoms with Crippen LogP contribution >= 0.6 is 0 Å². The Kier molecular flexibility index (Phi) is 7.91. The lowest BCUT2D eigenvalue weighted by molar-refractivity contribution is 1.08. The Labute approximate surface area is 379 Å². The molecule has 306 valence electrons. The molecule has 5 nitrogen and oxygen atoms in total. The van der Waals surface area contributed by atoms with Gasteiger partial charge in [-0.3, -0.25) is 0 Å². The van der Waals surface area contributed by atoms with Gasteiger partial charge in [-0.05, 0) is 57.3 Å². The lowest BCUT2D eigenvalue weighted by Gasteiger charge is -2.17. The Morgan fingerprint density at radius 2 is 0.833 bits per heavy atom. The summed E-state index contributed by atoms with van der Waals surface area (Å²) in [6.45, 7) is 0. The zero-order valence-electron chi connectivity index (χ0n) is 35.6. The van der Waals surface area contributed by atoms with Crippen LogP contribution in [0.2, 0.25) is 0 Å². The molecular weight excluding hydrogens is 803 g/mol. The molecule has 0 atom stereocenters. The van der Waals surface area contributed by atoms with E-state index in [1.165, 1.54) is 59.8 Å². The number of rotatable bonds is 5. The fourth-order valence-electron chi connectivity index (χ4n) is 10.6. The molecule has 0 aliphatic rings. The van der Waals surface area contributed by atoms with Gasteiger partial charge < -0.3 is 9.13 Å². The van der Waals surface area contributed by atoms with E-state index < -0.39 is 0 Å². The van der Waals surface area contributed by atoms with Crippen molar-refractivity contribution in [1.29, 1.82) is 0 Å². The molecule has 0 N–H and O–H groups in total. The molecule has 14 rings (SSSR count). The molecule has 0 fully saturated rings. The topological polar surface area (TPSA) is 48.5 Å². The van der Waals surface area contributed by atoms with Gasteiger partial charge in [0.1, 0.15) is 0 Å². The third-order valence-corrected chi connectivity index (χ3v) is 13.5. The second kappa shape index (κ2) is 14.3. The molecule has 0 saturated carbocycles. The Morgan fingerprint density at radius 3 is 1.61 bits per heavy atom. The predicted molar refractivity (Wildman–Crippen MR) is 275 cm³/mol. The van der Waals surface area contributed by atoms with Crippen molar-refractivity contribution in [3.05, 3.63) is 224 Å². The van der Waals surface area contributed by atoms with Crippen molar-refractivity contribution >= 4 is 86.7 Å². The van der Waals surface area contributed by atoms with Gasteiger partial charge >= 0.3 is 0 Å². The first-order valence-corrected chi connectivity index (χ1v) is 22.5. The van der Waals surface area contributed by atoms with Crippen LogP contribution in [-0.2, 0) is 0 Å². The SMILES string of the molecule is c1ccc(-c2nc(-c3cccc4ccccc34)nc(-c3ccc(-n4c5ccccc5c5c(-n6c7ccccc7c7ccc8ccccc8c76)c6ccccc6cc54)c4ccccc34)n2)cc1. The standard InChI is InChI=1S/C61H37N5/c1-2-19-40(20-3-1)59-62-60(49-30-16-22-38-17-4-7-23-42(38)49)64-61(63-59)50-35-36-54(46-27-11-10-26-45(46)50)65-53-32-15-13-29-51(53)56-55(65)37-41-21-6-9-25-44(41)58(56)66-52-31-14-12-28-47(52)48-34-33-39-18-5-8-24-43(39)57(48)66/h1-37H. The van der Waals surface area contributed by atoms with E-state index >= 15 is 0 Å². The molecule has 66 heavy (non-hydrogen) atoms. The maximum Gasteiger partial charge on any atom is 0.164 e. The molecular formula is C61H37N5. The normalized spacial score (nSPS) is 11.9. The van der Waals surface area contributed by atoms with Crippen LogP contribution in [0.25, 0.3) is 132 Å². The van der Waals surface area contributed by atoms with Crippen LogP contribution in [0, 0.1) is 0 Å². The molecule has 0 unspecified atom stereocenters. The van der Waals surface area contributed by atoms with Gasteiger partial charge in [0.2, 0.25) is 0 Å². The van der Waals surface area contributed by atoms with Crippen LogP contribution in [-0.4, -0.2) is 24.1 Å². The molecule has 11 aromatic carbocycles. The maximum atomic E-state index is 5.31. The third kappa shape index (κ3) is 5.38. The second-order valence-corrected chi connectivity index (χ2v) is 17.1. The van der Waals surface area contributed by atoms with Crippen molar-refractivity contribution in [2.75, 3.05) is 0 Å². The zero-order valence-corrected chi connectivity index (χ0v) is 35.6. The molecule has 3 aromatic heterocycles. The van der Waals surface area contributed by atoms with Crippen LogP contribution in [0.4, 0.5) is 0 Å². The van der Waals surface area contributed by atoms with Crippen LogP contribution in [0.3, 0.4) is 0 Å². The maximum absolute atomic E-state index is 5.31. The summed E-state index contributed by atoms with van der Waals surface area (Å²) in [7, 11) is 0. The minimum absolute atomic E-state index is 0.628. The smallest absolute Gasteiger partial charge is 0.164 e. The average molecular weight is 840 g/mol. The minimum atomic E-state index is 0.628. The summed E-state index contributed by atoms with van der Waals surface area (Å²) in [6, 6.07) is 80.5. The van der Waals surface area contributed by atoms with E-state index in [1.54, 1.807) is 0 Å². The predicted octanol–water partition coefficient (Wildman–Crippen LogP) is 15.7. The van der Waals surface area contributed by atoms with E-state index in [0.29, 0.717) is 17.5 Å². The highest BCUT2D eigenvalue weighted by atomic mass is 15.0. The Bertz CT molecular complexity index is 4290. The molecule has 5 heteroatoms. The van der Waals surface area contributed by atoms with E-state index in [0.717, 1.165) is 55.0 Å². The number of para-hydroxylation sites is 2. The van der Waals surface area contributed by atoms with Gasteiger partial charge in [-0.15, -0.1) is 0 Å². The van der Waals surface area contributed by atoms with E-state index in [4.69, 9.17) is 15.0 Å². The van der Waals surface area contributed by atoms with Crippen molar-refractivity contribution in [1.82, 2.24) is 24.1 Å². The van der Waals surface area contributed by atoms with Gasteiger partial charge in [-0.25, -0.2) is 15.0 Å². The fourth-order valence-corrected chi connectivity index (χ4v) is 10.6. The number of nitrogens with zero attached hydrogens (tertiary/aromatic N) is 5. The highest BCUT2D eigenvalue weighted by molar-refractivity contribution is 6.25. The Hall–Kier alpha value is -8.93. The highest BCUT2D eigenvalue weighted by Crippen LogP contribution is 2.46. The average Bonchev–Trinajstić information content (AvgIpc) is 3.90. The zero-order chi connectivity index (χ0) is 43.3. The van der Waals surface area contributed by atoms with Crippen LogP contribution in [0.5, 0.6) is 0 Å². The minimum Gasteiger partial charge on any atom is -0.309 e. The first-order valence-electron chi connectivity index (χ1n) is 22.5. The number of aromatic nitrogens is 5. The van der Waals surface area contributed by atoms with Crippen molar-refractivity contribution in [2.24, 2.45) is 0 Å². The fraction of sp³-hybridized carbons (Fsp3) is 0. The summed E-state index contributed by atoms with van der Waals surface area (Å²) in [5.41, 5.74) is 9.79. The van der Waals surface area contributed by atoms with Crippen LogP contribution in [0.15, 0.2) is 224 Å². The lowest BCUT2D eigenvalue weighted by Crippen LogP contribution is -2.02. The molecule has 0 aliphatic heterocycles. The molecule has 0 radical (unpaired) electrons. The van der Waals surface area contributed by atoms with Gasteiger partial charge in [0, 0.05) is 54.4 Å². The van der Waals surface area contributed by atoms with Crippen molar-refractivity contribution < 1.29 is 0 Å². The summed E-state index contributed by atoms with van der Waals surface area (Å²) in [6.07, 6.45) is 0. The van der Waals surface area contributed by atoms with Crippen molar-refractivity contribution in [2.45, 2.75) is 0 Å². The summed E-state index contributed by atoms with van der Waals surface area (Å²) < 4.78 is 5.03. The molecule has 0 spiro atoms. The van der Waals surface area contributed by atoms with Gasteiger partial charge in [0.25, 0.3) is 0 Å². The van der Waals surface area contributed by atoms with E-state index in [9.17, 15) is 0 Å². The Balaban J connectivity index is 1.07. The largest absolute Gasteiger partial charge is 0.309 e. The molecule has 0 bridgehead atoms. The van der Waals surface area contributed by atoms with Gasteiger partial charge in [-0.1, -0.05) is 194 Å². The lowest BCUT2D eigenvalue weighted by atomic mass is 10.0. The second-order valence-electron chi connectivity index (χ2n) is 17.1. The molecule has 0 saturated heterocycles. The summed E-state index contributed by atoms with van der Waals surface area (Å²) >= 11 is 0. The van der Waals surface area contributed by atoms with Crippen molar-refractivity contribution in [3.8, 4) is 45.5 Å². The highest BCUT2D eigenvalue weighted by Gasteiger charge is 2.25. The number of fused-ring (bicyclic) bond motifs is 11. The first kappa shape index (κ1) is 36.5. The molecule has 14 aromatic rings. The molecule has 0 aliphatic carbocycles. The quantitative estimate of drug-likeness (QED) is 0.173. The van der Waals surface area contributed by atoms with Gasteiger partial charge in [0.15, 0.2) is 17.5 Å². The first-order chi connectivity index (χ1) is 32.8. The number of hydrogen-bond donors (Lipinski definition) is 0. The summed E-state index contributed by atoms with van der Waals surface area (Å²) in [5.74, 6) is 1.91. The van der Waals surface area contributed by atoms with E-state index in [-0.39, 0.29) is 0 Å². The van der Waals surface area contributed by atoms with Crippen LogP contribution < -0.4 is 0 Å². The van der Waals surface area contributed by atoms with Gasteiger partial charge in [-0.2, -0.15) is 0 Å². The van der Waals surface area contributed by atoms with Gasteiger partial charge in [0.05, 0.1) is 33.4 Å². The van der Waals surface area contributed by atoms with Crippen molar-refractivity contribution in [3.63, 3.8) is 0 Å². The third-order valence-electron chi connectivity index (χ3n) is 13.5. The van der Waals surface area contributed by atoms with Crippen LogP contribution in [0.1, 0.15) is 0 Å². The summed E-state index contributed by atoms with van der Waals surface area (Å²) in [5, 5.41) is 14.1. The number of benzene rings is 11. The Morgan fingerprint density at radius 1 is 0.288 bits per heavy atom. The van der Waals surface area contributed by atoms with E-state index in [2.05, 4.69) is 215 Å².